The average Bonchev–Trinajstić information content (AvgIpc) is 2.52. The van der Waals surface area contributed by atoms with E-state index in [1.54, 1.807) is 6.07 Å². The number of hydrogen-bond donors (Lipinski definition) is 3. The van der Waals surface area contributed by atoms with Crippen molar-refractivity contribution < 1.29 is 24.2 Å². The molecule has 9 heteroatoms. The predicted molar refractivity (Wildman–Crippen MR) is 94.0 cm³/mol. The van der Waals surface area contributed by atoms with E-state index in [2.05, 4.69) is 10.6 Å². The molecule has 0 fully saturated rings. The van der Waals surface area contributed by atoms with Crippen molar-refractivity contribution in [3.63, 3.8) is 0 Å². The van der Waals surface area contributed by atoms with Crippen LogP contribution in [0.4, 0.5) is 0 Å². The highest BCUT2D eigenvalue weighted by atomic mass is 35.5. The molecule has 1 aromatic rings. The highest BCUT2D eigenvalue weighted by Gasteiger charge is 2.21. The van der Waals surface area contributed by atoms with Crippen molar-refractivity contribution in [1.29, 1.82) is 0 Å². The van der Waals surface area contributed by atoms with Crippen LogP contribution in [0.2, 0.25) is 10.0 Å². The number of carbonyl (C=O) groups is 3. The third kappa shape index (κ3) is 8.09. The van der Waals surface area contributed by atoms with Gasteiger partial charge in [-0.25, -0.2) is 4.79 Å². The average molecular weight is 391 g/mol. The Labute approximate surface area is 155 Å². The summed E-state index contributed by atoms with van der Waals surface area (Å²) < 4.78 is 5.23. The molecule has 1 atom stereocenters. The number of nitrogens with one attached hydrogen (secondary N) is 2. The second kappa shape index (κ2) is 10.1. The van der Waals surface area contributed by atoms with Crippen LogP contribution in [0.5, 0.6) is 5.75 Å². The molecule has 0 aromatic heterocycles. The van der Waals surface area contributed by atoms with Gasteiger partial charge in [-0.3, -0.25) is 9.59 Å². The summed E-state index contributed by atoms with van der Waals surface area (Å²) in [6.07, 6.45) is 0.297. The van der Waals surface area contributed by atoms with E-state index >= 15 is 0 Å². The quantitative estimate of drug-likeness (QED) is 0.598. The number of ether oxygens (including phenoxy) is 1. The van der Waals surface area contributed by atoms with Crippen molar-refractivity contribution in [2.75, 3.05) is 13.2 Å². The number of carboxylic acid groups (broad SMARTS) is 1. The van der Waals surface area contributed by atoms with Crippen LogP contribution >= 0.6 is 23.2 Å². The summed E-state index contributed by atoms with van der Waals surface area (Å²) in [4.78, 5) is 34.5. The molecule has 0 bridgehead atoms. The lowest BCUT2D eigenvalue weighted by molar-refractivity contribution is -0.142. The molecule has 0 heterocycles. The van der Waals surface area contributed by atoms with Crippen LogP contribution in [0.1, 0.15) is 20.3 Å². The molecule has 0 aliphatic carbocycles. The Morgan fingerprint density at radius 1 is 1.20 bits per heavy atom. The van der Waals surface area contributed by atoms with Gasteiger partial charge in [0.1, 0.15) is 11.8 Å². The Morgan fingerprint density at radius 3 is 2.48 bits per heavy atom. The zero-order valence-electron chi connectivity index (χ0n) is 13.8. The molecule has 0 aliphatic rings. The summed E-state index contributed by atoms with van der Waals surface area (Å²) in [5.41, 5.74) is 0. The number of benzene rings is 1. The number of halogens is 2. The standard InChI is InChI=1S/C16H20Cl2N2O5/c1-9(2)5-12(16(23)24)20-14(21)7-19-15(22)8-25-13-6-10(17)3-4-11(13)18/h3-4,6,9,12H,5,7-8H2,1-2H3,(H,19,22)(H,20,21)(H,23,24)/t12-/m0/s1. The molecule has 7 nitrogen and oxygen atoms in total. The summed E-state index contributed by atoms with van der Waals surface area (Å²) in [7, 11) is 0. The first kappa shape index (κ1) is 21.1. The number of rotatable bonds is 9. The second-order valence-electron chi connectivity index (χ2n) is 5.73. The van der Waals surface area contributed by atoms with Crippen molar-refractivity contribution in [1.82, 2.24) is 10.6 Å². The van der Waals surface area contributed by atoms with E-state index in [1.807, 2.05) is 13.8 Å². The maximum atomic E-state index is 11.7. The smallest absolute Gasteiger partial charge is 0.326 e. The molecule has 25 heavy (non-hydrogen) atoms. The van der Waals surface area contributed by atoms with Gasteiger partial charge in [0.2, 0.25) is 5.91 Å². The molecule has 0 saturated carbocycles. The summed E-state index contributed by atoms with van der Waals surface area (Å²) in [6.45, 7) is 2.99. The van der Waals surface area contributed by atoms with Gasteiger partial charge in [0.15, 0.2) is 6.61 Å². The lowest BCUT2D eigenvalue weighted by Gasteiger charge is -2.16. The van der Waals surface area contributed by atoms with Crippen molar-refractivity contribution in [3.8, 4) is 5.75 Å². The molecule has 0 radical (unpaired) electrons. The fourth-order valence-corrected chi connectivity index (χ4v) is 2.23. The SMILES string of the molecule is CC(C)C[C@H](NC(=O)CNC(=O)COc1cc(Cl)ccc1Cl)C(=O)O. The van der Waals surface area contributed by atoms with Gasteiger partial charge in [-0.1, -0.05) is 37.0 Å². The number of carboxylic acids is 1. The normalized spacial score (nSPS) is 11.7. The van der Waals surface area contributed by atoms with Gasteiger partial charge in [0, 0.05) is 11.1 Å². The molecular formula is C16H20Cl2N2O5. The van der Waals surface area contributed by atoms with Crippen LogP contribution in [-0.2, 0) is 14.4 Å². The van der Waals surface area contributed by atoms with Crippen LogP contribution in [0.15, 0.2) is 18.2 Å². The minimum absolute atomic E-state index is 0.104. The fraction of sp³-hybridized carbons (Fsp3) is 0.438. The van der Waals surface area contributed by atoms with Crippen molar-refractivity contribution >= 4 is 41.0 Å². The molecule has 1 rings (SSSR count). The first-order valence-electron chi connectivity index (χ1n) is 7.55. The van der Waals surface area contributed by atoms with E-state index < -0.39 is 23.8 Å². The molecule has 0 unspecified atom stereocenters. The van der Waals surface area contributed by atoms with Crippen LogP contribution in [0.3, 0.4) is 0 Å². The Kier molecular flexibility index (Phi) is 8.51. The molecule has 0 saturated heterocycles. The largest absolute Gasteiger partial charge is 0.482 e. The lowest BCUT2D eigenvalue weighted by Crippen LogP contribution is -2.46. The molecule has 1 aromatic carbocycles. The van der Waals surface area contributed by atoms with Crippen LogP contribution in [-0.4, -0.2) is 42.1 Å². The zero-order chi connectivity index (χ0) is 19.0. The van der Waals surface area contributed by atoms with Gasteiger partial charge in [0.25, 0.3) is 5.91 Å². The zero-order valence-corrected chi connectivity index (χ0v) is 15.4. The van der Waals surface area contributed by atoms with Crippen molar-refractivity contribution in [2.24, 2.45) is 5.92 Å². The fourth-order valence-electron chi connectivity index (χ4n) is 1.90. The predicted octanol–water partition coefficient (Wildman–Crippen LogP) is 2.10. The van der Waals surface area contributed by atoms with Gasteiger partial charge in [0.05, 0.1) is 11.6 Å². The topological polar surface area (TPSA) is 105 Å². The highest BCUT2D eigenvalue weighted by Crippen LogP contribution is 2.27. The molecule has 3 N–H and O–H groups in total. The minimum atomic E-state index is -1.12. The maximum Gasteiger partial charge on any atom is 0.326 e. The molecular weight excluding hydrogens is 371 g/mol. The number of aliphatic carboxylic acids is 1. The number of amides is 2. The minimum Gasteiger partial charge on any atom is -0.482 e. The first-order valence-corrected chi connectivity index (χ1v) is 8.31. The van der Waals surface area contributed by atoms with E-state index in [4.69, 9.17) is 33.0 Å². The molecule has 0 spiro atoms. The van der Waals surface area contributed by atoms with Gasteiger partial charge < -0.3 is 20.5 Å². The maximum absolute atomic E-state index is 11.7. The van der Waals surface area contributed by atoms with Gasteiger partial charge in [-0.15, -0.1) is 0 Å². The van der Waals surface area contributed by atoms with Crippen molar-refractivity contribution in [3.05, 3.63) is 28.2 Å². The monoisotopic (exact) mass is 390 g/mol. The summed E-state index contributed by atoms with van der Waals surface area (Å²) in [6, 6.07) is 3.58. The Hall–Kier alpha value is -1.99. The summed E-state index contributed by atoms with van der Waals surface area (Å²) >= 11 is 11.7. The van der Waals surface area contributed by atoms with Crippen LogP contribution in [0, 0.1) is 5.92 Å². The van der Waals surface area contributed by atoms with E-state index in [-0.39, 0.29) is 24.8 Å². The number of carbonyl (C=O) groups excluding carboxylic acids is 2. The third-order valence-corrected chi connectivity index (χ3v) is 3.59. The lowest BCUT2D eigenvalue weighted by atomic mass is 10.0. The summed E-state index contributed by atoms with van der Waals surface area (Å²) in [5, 5.41) is 14.5. The van der Waals surface area contributed by atoms with E-state index in [1.165, 1.54) is 12.1 Å². The Bertz CT molecular complexity index is 637. The second-order valence-corrected chi connectivity index (χ2v) is 6.57. The summed E-state index contributed by atoms with van der Waals surface area (Å²) in [5.74, 6) is -1.92. The molecule has 0 aliphatic heterocycles. The van der Waals surface area contributed by atoms with E-state index in [9.17, 15) is 14.4 Å². The first-order chi connectivity index (χ1) is 11.7. The van der Waals surface area contributed by atoms with Crippen molar-refractivity contribution in [2.45, 2.75) is 26.3 Å². The van der Waals surface area contributed by atoms with E-state index in [0.29, 0.717) is 16.5 Å². The Balaban J connectivity index is 2.41. The van der Waals surface area contributed by atoms with Gasteiger partial charge >= 0.3 is 5.97 Å². The molecule has 2 amide bonds. The highest BCUT2D eigenvalue weighted by molar-refractivity contribution is 6.34. The van der Waals surface area contributed by atoms with Gasteiger partial charge in [-0.05, 0) is 24.5 Å². The third-order valence-electron chi connectivity index (χ3n) is 3.04. The van der Waals surface area contributed by atoms with Gasteiger partial charge in [-0.2, -0.15) is 0 Å². The Morgan fingerprint density at radius 2 is 1.88 bits per heavy atom. The number of hydrogen-bond acceptors (Lipinski definition) is 4. The molecule has 138 valence electrons. The van der Waals surface area contributed by atoms with Crippen LogP contribution < -0.4 is 15.4 Å². The van der Waals surface area contributed by atoms with E-state index in [0.717, 1.165) is 0 Å². The van der Waals surface area contributed by atoms with Crippen LogP contribution in [0.25, 0.3) is 0 Å².